The molecule has 0 amide bonds. The first kappa shape index (κ1) is 20.2. The van der Waals surface area contributed by atoms with Gasteiger partial charge in [0.05, 0.1) is 24.9 Å². The summed E-state index contributed by atoms with van der Waals surface area (Å²) >= 11 is 0. The predicted octanol–water partition coefficient (Wildman–Crippen LogP) is 4.93. The molecule has 0 aromatic carbocycles. The lowest BCUT2D eigenvalue weighted by Gasteiger charge is -2.59. The van der Waals surface area contributed by atoms with Crippen molar-refractivity contribution < 1.29 is 19.3 Å². The van der Waals surface area contributed by atoms with E-state index in [1.54, 1.807) is 0 Å². The minimum atomic E-state index is -0.306. The summed E-state index contributed by atoms with van der Waals surface area (Å²) in [7, 11) is 0. The first-order chi connectivity index (χ1) is 14.7. The van der Waals surface area contributed by atoms with E-state index in [2.05, 4.69) is 27.7 Å². The molecule has 1 N–H and O–H groups in total. The number of epoxide rings is 1. The molecule has 4 heteroatoms. The second kappa shape index (κ2) is 6.09. The fourth-order valence-electron chi connectivity index (χ4n) is 10.7. The number of hydrogen-bond donors (Lipinski definition) is 1. The van der Waals surface area contributed by atoms with E-state index >= 15 is 0 Å². The smallest absolute Gasteiger partial charge is 0.171 e. The van der Waals surface area contributed by atoms with Gasteiger partial charge in [-0.1, -0.05) is 27.7 Å². The van der Waals surface area contributed by atoms with E-state index in [4.69, 9.17) is 14.2 Å². The Hall–Kier alpha value is -0.160. The van der Waals surface area contributed by atoms with Crippen molar-refractivity contribution in [3.8, 4) is 0 Å². The highest BCUT2D eigenvalue weighted by Gasteiger charge is 2.77. The zero-order valence-electron chi connectivity index (χ0n) is 19.9. The zero-order valence-corrected chi connectivity index (χ0v) is 19.9. The number of hydrogen-bond acceptors (Lipinski definition) is 4. The van der Waals surface area contributed by atoms with Gasteiger partial charge >= 0.3 is 0 Å². The van der Waals surface area contributed by atoms with Crippen LogP contribution in [0.3, 0.4) is 0 Å². The monoisotopic (exact) mass is 430 g/mol. The SMILES string of the molecule is C[C@@H]1CC[C@@]2(OC1)O[C@H]1C[C@H]3[C@@H]4C[C@@H]5O[C@@]56C[C@@H](O)CC[C@]6(C)[C@H]4CC[C@]3(C)[C@H]1[C@@H]2C. The lowest BCUT2D eigenvalue weighted by molar-refractivity contribution is -0.273. The molecule has 0 radical (unpaired) electrons. The predicted molar refractivity (Wildman–Crippen MR) is 117 cm³/mol. The van der Waals surface area contributed by atoms with E-state index in [9.17, 15) is 5.11 Å². The Labute approximate surface area is 187 Å². The third kappa shape index (κ3) is 2.32. The van der Waals surface area contributed by atoms with Gasteiger partial charge in [-0.05, 0) is 80.0 Å². The van der Waals surface area contributed by atoms with Gasteiger partial charge in [-0.25, -0.2) is 0 Å². The fraction of sp³-hybridized carbons (Fsp3) is 1.00. The number of fused-ring (bicyclic) bond motifs is 6. The van der Waals surface area contributed by atoms with Gasteiger partial charge in [-0.3, -0.25) is 0 Å². The molecule has 0 aromatic heterocycles. The van der Waals surface area contributed by atoms with Gasteiger partial charge in [0.15, 0.2) is 5.79 Å². The second-order valence-corrected chi connectivity index (χ2v) is 13.4. The number of aliphatic hydroxyl groups excluding tert-OH is 1. The molecule has 7 fully saturated rings. The normalized spacial score (nSPS) is 66.7. The van der Waals surface area contributed by atoms with Crippen molar-refractivity contribution >= 4 is 0 Å². The van der Waals surface area contributed by atoms with Crippen LogP contribution >= 0.6 is 0 Å². The molecule has 174 valence electrons. The van der Waals surface area contributed by atoms with Gasteiger partial charge in [-0.15, -0.1) is 0 Å². The maximum Gasteiger partial charge on any atom is 0.171 e. The molecule has 7 rings (SSSR count). The summed E-state index contributed by atoms with van der Waals surface area (Å²) in [4.78, 5) is 0. The van der Waals surface area contributed by atoms with Crippen LogP contribution in [0.15, 0.2) is 0 Å². The number of ether oxygens (including phenoxy) is 3. The van der Waals surface area contributed by atoms with Gasteiger partial charge in [0, 0.05) is 24.2 Å². The van der Waals surface area contributed by atoms with Crippen molar-refractivity contribution in [2.24, 2.45) is 46.3 Å². The Kier molecular flexibility index (Phi) is 3.97. The average Bonchev–Trinajstić information content (AvgIpc) is 3.25. The number of rotatable bonds is 0. The van der Waals surface area contributed by atoms with Crippen molar-refractivity contribution in [3.05, 3.63) is 0 Å². The molecule has 4 saturated carbocycles. The first-order valence-electron chi connectivity index (χ1n) is 13.4. The fourth-order valence-corrected chi connectivity index (χ4v) is 10.7. The molecule has 3 saturated heterocycles. The van der Waals surface area contributed by atoms with Crippen molar-refractivity contribution in [2.75, 3.05) is 6.61 Å². The minimum Gasteiger partial charge on any atom is -0.393 e. The van der Waals surface area contributed by atoms with E-state index in [1.165, 1.54) is 32.1 Å². The van der Waals surface area contributed by atoms with Crippen LogP contribution in [0, 0.1) is 46.3 Å². The van der Waals surface area contributed by atoms with Crippen LogP contribution < -0.4 is 0 Å². The molecule has 0 unspecified atom stereocenters. The second-order valence-electron chi connectivity index (χ2n) is 13.4. The molecule has 31 heavy (non-hydrogen) atoms. The van der Waals surface area contributed by atoms with Gasteiger partial charge in [0.2, 0.25) is 0 Å². The van der Waals surface area contributed by atoms with Crippen molar-refractivity contribution in [1.82, 2.24) is 0 Å². The van der Waals surface area contributed by atoms with Gasteiger partial charge in [0.25, 0.3) is 0 Å². The molecule has 7 aliphatic rings. The van der Waals surface area contributed by atoms with Crippen LogP contribution in [0.25, 0.3) is 0 Å². The quantitative estimate of drug-likeness (QED) is 0.554. The Balaban J connectivity index is 1.18. The van der Waals surface area contributed by atoms with E-state index in [-0.39, 0.29) is 22.9 Å². The summed E-state index contributed by atoms with van der Waals surface area (Å²) in [5.74, 6) is 3.78. The average molecular weight is 431 g/mol. The van der Waals surface area contributed by atoms with Gasteiger partial charge in [0.1, 0.15) is 5.60 Å². The summed E-state index contributed by atoms with van der Waals surface area (Å²) in [5, 5.41) is 10.4. The Bertz CT molecular complexity index is 775. The van der Waals surface area contributed by atoms with Crippen molar-refractivity contribution in [1.29, 1.82) is 0 Å². The van der Waals surface area contributed by atoms with Crippen molar-refractivity contribution in [2.45, 2.75) is 115 Å². The highest BCUT2D eigenvalue weighted by Crippen LogP contribution is 2.75. The van der Waals surface area contributed by atoms with E-state index in [0.29, 0.717) is 35.4 Å². The Morgan fingerprint density at radius 3 is 2.52 bits per heavy atom. The zero-order chi connectivity index (χ0) is 21.4. The molecule has 3 heterocycles. The molecular formula is C27H42O4. The molecule has 4 aliphatic carbocycles. The summed E-state index contributed by atoms with van der Waals surface area (Å²) in [6, 6.07) is 0. The van der Waals surface area contributed by atoms with Gasteiger partial charge in [-0.2, -0.15) is 0 Å². The summed E-state index contributed by atoms with van der Waals surface area (Å²) in [6.07, 6.45) is 11.0. The maximum atomic E-state index is 10.4. The molecule has 2 spiro atoms. The van der Waals surface area contributed by atoms with E-state index in [1.807, 2.05) is 0 Å². The largest absolute Gasteiger partial charge is 0.393 e. The minimum absolute atomic E-state index is 0.00543. The highest BCUT2D eigenvalue weighted by molar-refractivity contribution is 5.25. The molecule has 4 nitrogen and oxygen atoms in total. The van der Waals surface area contributed by atoms with E-state index < -0.39 is 0 Å². The van der Waals surface area contributed by atoms with Crippen LogP contribution in [0.2, 0.25) is 0 Å². The molecular weight excluding hydrogens is 388 g/mol. The third-order valence-corrected chi connectivity index (χ3v) is 12.3. The summed E-state index contributed by atoms with van der Waals surface area (Å²) in [5.41, 5.74) is 0.629. The summed E-state index contributed by atoms with van der Waals surface area (Å²) in [6.45, 7) is 10.8. The summed E-state index contributed by atoms with van der Waals surface area (Å²) < 4.78 is 19.9. The van der Waals surface area contributed by atoms with Crippen LogP contribution in [0.5, 0.6) is 0 Å². The van der Waals surface area contributed by atoms with Crippen LogP contribution in [-0.2, 0) is 14.2 Å². The number of aliphatic hydroxyl groups is 1. The standard InChI is InChI=1S/C27H42O4/c1-15-5-10-27(29-14-15)16(2)23-21(30-27)12-20-18-11-22-26(31-22)13-17(28)6-9-25(26,4)19(18)7-8-24(20,23)3/h15-23,28H,5-14H2,1-4H3/t15-,16+,17+,18-,19+,20+,21+,22+,23+,24+,25-,26+,27-/m1/s1. The van der Waals surface area contributed by atoms with Crippen LogP contribution in [-0.4, -0.2) is 41.4 Å². The third-order valence-electron chi connectivity index (χ3n) is 12.3. The molecule has 13 atom stereocenters. The molecule has 0 aromatic rings. The lowest BCUT2D eigenvalue weighted by atomic mass is 9.44. The first-order valence-corrected chi connectivity index (χ1v) is 13.4. The maximum absolute atomic E-state index is 10.4. The van der Waals surface area contributed by atoms with Gasteiger partial charge < -0.3 is 19.3 Å². The van der Waals surface area contributed by atoms with Crippen LogP contribution in [0.4, 0.5) is 0 Å². The highest BCUT2D eigenvalue weighted by atomic mass is 16.7. The Morgan fingerprint density at radius 1 is 0.903 bits per heavy atom. The topological polar surface area (TPSA) is 51.2 Å². The van der Waals surface area contributed by atoms with Crippen LogP contribution in [0.1, 0.15) is 85.5 Å². The molecule has 0 bridgehead atoms. The van der Waals surface area contributed by atoms with E-state index in [0.717, 1.165) is 50.0 Å². The molecule has 3 aliphatic heterocycles. The van der Waals surface area contributed by atoms with Crippen molar-refractivity contribution in [3.63, 3.8) is 0 Å². The Morgan fingerprint density at radius 2 is 1.74 bits per heavy atom. The lowest BCUT2D eigenvalue weighted by Crippen LogP contribution is -2.59.